The van der Waals surface area contributed by atoms with Crippen molar-refractivity contribution in [2.24, 2.45) is 12.0 Å². The highest BCUT2D eigenvalue weighted by molar-refractivity contribution is 5.79. The second-order valence-corrected chi connectivity index (χ2v) is 7.84. The van der Waals surface area contributed by atoms with Gasteiger partial charge in [-0.1, -0.05) is 44.2 Å². The van der Waals surface area contributed by atoms with Gasteiger partial charge in [0.25, 0.3) is 0 Å². The molecule has 0 aliphatic rings. The molecule has 0 aliphatic heterocycles. The van der Waals surface area contributed by atoms with Crippen molar-refractivity contribution in [3.8, 4) is 0 Å². The molecule has 9 heteroatoms. The van der Waals surface area contributed by atoms with Crippen LogP contribution in [0.1, 0.15) is 38.6 Å². The van der Waals surface area contributed by atoms with Crippen LogP contribution in [0.2, 0.25) is 0 Å². The minimum atomic E-state index is -4.86. The van der Waals surface area contributed by atoms with Crippen LogP contribution >= 0.6 is 0 Å². The first-order valence-corrected chi connectivity index (χ1v) is 9.86. The molecule has 1 aromatic carbocycles. The number of halogens is 3. The summed E-state index contributed by atoms with van der Waals surface area (Å²) in [6.07, 6.45) is -2.86. The maximum Gasteiger partial charge on any atom is 0.424 e. The molecule has 0 aliphatic carbocycles. The lowest BCUT2D eigenvalue weighted by molar-refractivity contribution is -0.272. The lowest BCUT2D eigenvalue weighted by Crippen LogP contribution is -2.48. The zero-order chi connectivity index (χ0) is 22.4. The number of aliphatic hydroxyl groups is 1. The van der Waals surface area contributed by atoms with E-state index < -0.39 is 24.0 Å². The molecular formula is C21H30F3N5O. The Balaban J connectivity index is 2.09. The molecule has 6 nitrogen and oxygen atoms in total. The monoisotopic (exact) mass is 425 g/mol. The zero-order valence-electron chi connectivity index (χ0n) is 17.8. The number of nitrogens with one attached hydrogen (secondary N) is 2. The van der Waals surface area contributed by atoms with Gasteiger partial charge in [-0.2, -0.15) is 13.2 Å². The highest BCUT2D eigenvalue weighted by Gasteiger charge is 2.57. The standard InChI is InChI=1S/C21H30F3N5O/c1-5-25-18(28-15-19(2,3)16-9-7-6-8-10-16)27-12-11-20(30,21(22,23)24)17-26-13-14-29(17)4/h6-10,13-14,30H,5,11-12,15H2,1-4H3,(H2,25,27,28). The van der Waals surface area contributed by atoms with Crippen LogP contribution in [0.25, 0.3) is 0 Å². The van der Waals surface area contributed by atoms with Crippen molar-refractivity contribution in [2.45, 2.75) is 44.4 Å². The second-order valence-electron chi connectivity index (χ2n) is 7.84. The first-order valence-electron chi connectivity index (χ1n) is 9.86. The summed E-state index contributed by atoms with van der Waals surface area (Å²) in [5.41, 5.74) is -2.19. The SMILES string of the molecule is CCNC(=NCC(C)(C)c1ccccc1)NCCC(O)(c1nccn1C)C(F)(F)F. The Kier molecular flexibility index (Phi) is 7.52. The van der Waals surface area contributed by atoms with Crippen LogP contribution in [0.4, 0.5) is 13.2 Å². The van der Waals surface area contributed by atoms with Crippen LogP contribution in [0.3, 0.4) is 0 Å². The molecule has 3 N–H and O–H groups in total. The first kappa shape index (κ1) is 23.7. The molecule has 0 radical (unpaired) electrons. The van der Waals surface area contributed by atoms with Gasteiger partial charge in [-0.3, -0.25) is 4.99 Å². The number of alkyl halides is 3. The van der Waals surface area contributed by atoms with Gasteiger partial charge in [0.05, 0.1) is 6.54 Å². The Morgan fingerprint density at radius 1 is 1.17 bits per heavy atom. The van der Waals surface area contributed by atoms with Crippen molar-refractivity contribution in [3.63, 3.8) is 0 Å². The number of benzene rings is 1. The van der Waals surface area contributed by atoms with Gasteiger partial charge in [-0.05, 0) is 12.5 Å². The van der Waals surface area contributed by atoms with Gasteiger partial charge < -0.3 is 20.3 Å². The quantitative estimate of drug-likeness (QED) is 0.449. The molecule has 2 rings (SSSR count). The van der Waals surface area contributed by atoms with Crippen LogP contribution in [0.5, 0.6) is 0 Å². The molecule has 1 atom stereocenters. The van der Waals surface area contributed by atoms with E-state index in [1.807, 2.05) is 37.3 Å². The maximum absolute atomic E-state index is 13.6. The number of hydrogen-bond donors (Lipinski definition) is 3. The van der Waals surface area contributed by atoms with E-state index in [1.165, 1.54) is 24.0 Å². The fourth-order valence-electron chi connectivity index (χ4n) is 3.11. The molecule has 0 fully saturated rings. The molecule has 0 amide bonds. The van der Waals surface area contributed by atoms with E-state index in [0.29, 0.717) is 19.0 Å². The minimum absolute atomic E-state index is 0.138. The number of aliphatic imine (C=N–C) groups is 1. The van der Waals surface area contributed by atoms with E-state index in [-0.39, 0.29) is 12.0 Å². The molecular weight excluding hydrogens is 395 g/mol. The van der Waals surface area contributed by atoms with Crippen molar-refractivity contribution in [2.75, 3.05) is 19.6 Å². The van der Waals surface area contributed by atoms with Crippen molar-refractivity contribution in [1.82, 2.24) is 20.2 Å². The van der Waals surface area contributed by atoms with Crippen LogP contribution in [0.15, 0.2) is 47.7 Å². The number of aryl methyl sites for hydroxylation is 1. The molecule has 1 unspecified atom stereocenters. The van der Waals surface area contributed by atoms with Crippen LogP contribution in [-0.2, 0) is 18.1 Å². The average molecular weight is 425 g/mol. The predicted octanol–water partition coefficient (Wildman–Crippen LogP) is 3.09. The van der Waals surface area contributed by atoms with Gasteiger partial charge in [0.1, 0.15) is 5.82 Å². The maximum atomic E-state index is 13.6. The minimum Gasteiger partial charge on any atom is -0.374 e. The Hall–Kier alpha value is -2.55. The summed E-state index contributed by atoms with van der Waals surface area (Å²) in [4.78, 5) is 8.24. The topological polar surface area (TPSA) is 74.5 Å². The first-order chi connectivity index (χ1) is 14.0. The lowest BCUT2D eigenvalue weighted by atomic mass is 9.85. The molecule has 1 heterocycles. The van der Waals surface area contributed by atoms with Crippen molar-refractivity contribution in [3.05, 3.63) is 54.1 Å². The Bertz CT molecular complexity index is 833. The van der Waals surface area contributed by atoms with Gasteiger partial charge in [-0.15, -0.1) is 0 Å². The summed E-state index contributed by atoms with van der Waals surface area (Å²) in [5.74, 6) is -0.0465. The number of rotatable bonds is 8. The highest BCUT2D eigenvalue weighted by Crippen LogP contribution is 2.40. The third-order valence-corrected chi connectivity index (χ3v) is 4.97. The summed E-state index contributed by atoms with van der Waals surface area (Å²) >= 11 is 0. The zero-order valence-corrected chi connectivity index (χ0v) is 17.8. The molecule has 0 saturated heterocycles. The number of imidazole rings is 1. The molecule has 0 saturated carbocycles. The summed E-state index contributed by atoms with van der Waals surface area (Å²) < 4.78 is 42.1. The predicted molar refractivity (Wildman–Crippen MR) is 111 cm³/mol. The van der Waals surface area contributed by atoms with Gasteiger partial charge in [0, 0.05) is 44.4 Å². The molecule has 166 valence electrons. The normalized spacial score (nSPS) is 15.0. The van der Waals surface area contributed by atoms with E-state index >= 15 is 0 Å². The van der Waals surface area contributed by atoms with Crippen LogP contribution < -0.4 is 10.6 Å². The lowest BCUT2D eigenvalue weighted by Gasteiger charge is -2.30. The van der Waals surface area contributed by atoms with E-state index in [0.717, 1.165) is 5.56 Å². The van der Waals surface area contributed by atoms with Crippen LogP contribution in [0, 0.1) is 0 Å². The number of guanidine groups is 1. The average Bonchev–Trinajstić information content (AvgIpc) is 3.12. The largest absolute Gasteiger partial charge is 0.424 e. The Morgan fingerprint density at radius 3 is 2.37 bits per heavy atom. The molecule has 1 aromatic heterocycles. The number of nitrogens with zero attached hydrogens (tertiary/aromatic N) is 3. The number of hydrogen-bond acceptors (Lipinski definition) is 3. The third-order valence-electron chi connectivity index (χ3n) is 4.97. The molecule has 2 aromatic rings. The summed E-state index contributed by atoms with van der Waals surface area (Å²) in [6, 6.07) is 9.90. The fraction of sp³-hybridized carbons (Fsp3) is 0.524. The van der Waals surface area contributed by atoms with Gasteiger partial charge in [0.2, 0.25) is 5.60 Å². The highest BCUT2D eigenvalue weighted by atomic mass is 19.4. The van der Waals surface area contributed by atoms with Gasteiger partial charge >= 0.3 is 6.18 Å². The van der Waals surface area contributed by atoms with E-state index in [4.69, 9.17) is 0 Å². The van der Waals surface area contributed by atoms with Gasteiger partial charge in [0.15, 0.2) is 5.96 Å². The second kappa shape index (κ2) is 9.51. The summed E-state index contributed by atoms with van der Waals surface area (Å²) in [5, 5.41) is 16.4. The molecule has 30 heavy (non-hydrogen) atoms. The fourth-order valence-corrected chi connectivity index (χ4v) is 3.11. The smallest absolute Gasteiger partial charge is 0.374 e. The van der Waals surface area contributed by atoms with Crippen LogP contribution in [-0.4, -0.2) is 46.4 Å². The Morgan fingerprint density at radius 2 is 1.83 bits per heavy atom. The molecule has 0 bridgehead atoms. The number of aromatic nitrogens is 2. The van der Waals surface area contributed by atoms with Crippen molar-refractivity contribution < 1.29 is 18.3 Å². The van der Waals surface area contributed by atoms with E-state index in [9.17, 15) is 18.3 Å². The third kappa shape index (κ3) is 5.53. The summed E-state index contributed by atoms with van der Waals surface area (Å²) in [6.45, 7) is 6.84. The van der Waals surface area contributed by atoms with Crippen molar-refractivity contribution in [1.29, 1.82) is 0 Å². The summed E-state index contributed by atoms with van der Waals surface area (Å²) in [7, 11) is 1.42. The van der Waals surface area contributed by atoms with E-state index in [2.05, 4.69) is 34.5 Å². The van der Waals surface area contributed by atoms with Crippen molar-refractivity contribution >= 4 is 5.96 Å². The Labute approximate surface area is 175 Å². The van der Waals surface area contributed by atoms with Gasteiger partial charge in [-0.25, -0.2) is 4.98 Å². The molecule has 0 spiro atoms. The van der Waals surface area contributed by atoms with E-state index in [1.54, 1.807) is 0 Å².